The lowest BCUT2D eigenvalue weighted by atomic mass is 9.80. The maximum Gasteiger partial charge on any atom is 0.254 e. The van der Waals surface area contributed by atoms with Crippen molar-refractivity contribution < 1.29 is 4.79 Å². The molecule has 144 valence electrons. The van der Waals surface area contributed by atoms with Gasteiger partial charge in [-0.25, -0.2) is 0 Å². The minimum absolute atomic E-state index is 0.108. The van der Waals surface area contributed by atoms with Gasteiger partial charge in [0.2, 0.25) is 0 Å². The van der Waals surface area contributed by atoms with Gasteiger partial charge in [-0.15, -0.1) is 11.6 Å². The van der Waals surface area contributed by atoms with Gasteiger partial charge in [-0.2, -0.15) is 0 Å². The highest BCUT2D eigenvalue weighted by atomic mass is 35.5. The highest BCUT2D eigenvalue weighted by molar-refractivity contribution is 6.30. The van der Waals surface area contributed by atoms with Crippen LogP contribution in [0.3, 0.4) is 0 Å². The summed E-state index contributed by atoms with van der Waals surface area (Å²) >= 11 is 11.9. The maximum absolute atomic E-state index is 13.1. The van der Waals surface area contributed by atoms with Gasteiger partial charge in [0.1, 0.15) is 0 Å². The van der Waals surface area contributed by atoms with Gasteiger partial charge >= 0.3 is 0 Å². The zero-order chi connectivity index (χ0) is 19.4. The summed E-state index contributed by atoms with van der Waals surface area (Å²) in [4.78, 5) is 15.2. The number of hydrogen-bond donors (Lipinski definition) is 0. The Morgan fingerprint density at radius 2 is 1.59 bits per heavy atom. The van der Waals surface area contributed by atoms with E-state index in [2.05, 4.69) is 43.0 Å². The van der Waals surface area contributed by atoms with Gasteiger partial charge in [-0.1, -0.05) is 35.9 Å². The molecule has 1 fully saturated rings. The van der Waals surface area contributed by atoms with E-state index in [1.807, 2.05) is 12.1 Å². The molecule has 0 aromatic heterocycles. The molecule has 2 nitrogen and oxygen atoms in total. The van der Waals surface area contributed by atoms with Crippen molar-refractivity contribution in [1.29, 1.82) is 0 Å². The Morgan fingerprint density at radius 3 is 2.11 bits per heavy atom. The van der Waals surface area contributed by atoms with Crippen molar-refractivity contribution in [1.82, 2.24) is 4.90 Å². The van der Waals surface area contributed by atoms with Gasteiger partial charge in [0, 0.05) is 28.5 Å². The number of alkyl halides is 1. The molecule has 0 bridgehead atoms. The Balaban J connectivity index is 1.67. The summed E-state index contributed by atoms with van der Waals surface area (Å²) in [5, 5.41) is 0.656. The van der Waals surface area contributed by atoms with Crippen LogP contribution in [0.5, 0.6) is 0 Å². The van der Waals surface area contributed by atoms with Gasteiger partial charge in [-0.05, 0) is 80.8 Å². The van der Waals surface area contributed by atoms with Crippen LogP contribution in [0.25, 0.3) is 0 Å². The van der Waals surface area contributed by atoms with Crippen LogP contribution in [0.2, 0.25) is 5.02 Å². The third-order valence-corrected chi connectivity index (χ3v) is 6.14. The number of carbonyl (C=O) groups excluding carboxylic acids is 1. The third-order valence-electron chi connectivity index (χ3n) is 5.58. The molecule has 4 heteroatoms. The summed E-state index contributed by atoms with van der Waals surface area (Å²) < 4.78 is 0. The number of hydrogen-bond acceptors (Lipinski definition) is 1. The topological polar surface area (TPSA) is 20.3 Å². The first-order valence-corrected chi connectivity index (χ1v) is 10.6. The molecule has 0 radical (unpaired) electrons. The minimum atomic E-state index is 0.108. The van der Waals surface area contributed by atoms with Crippen LogP contribution >= 0.6 is 23.2 Å². The number of nitrogens with zero attached hydrogens (tertiary/aromatic N) is 1. The summed E-state index contributed by atoms with van der Waals surface area (Å²) in [6.07, 6.45) is 4.31. The molecular formula is C23H27Cl2NO. The summed E-state index contributed by atoms with van der Waals surface area (Å²) in [5.41, 5.74) is 3.27. The van der Waals surface area contributed by atoms with E-state index in [0.717, 1.165) is 31.2 Å². The smallest absolute Gasteiger partial charge is 0.254 e. The summed E-state index contributed by atoms with van der Waals surface area (Å²) in [5.74, 6) is 1.24. The second kappa shape index (κ2) is 9.12. The van der Waals surface area contributed by atoms with Crippen molar-refractivity contribution in [3.8, 4) is 0 Å². The highest BCUT2D eigenvalue weighted by Crippen LogP contribution is 2.36. The average molecular weight is 404 g/mol. The van der Waals surface area contributed by atoms with E-state index in [9.17, 15) is 4.79 Å². The average Bonchev–Trinajstić information content (AvgIpc) is 2.69. The fourth-order valence-corrected chi connectivity index (χ4v) is 4.43. The van der Waals surface area contributed by atoms with Crippen LogP contribution in [0.4, 0.5) is 0 Å². The number of carbonyl (C=O) groups is 1. The maximum atomic E-state index is 13.1. The molecule has 1 aliphatic rings. The first kappa shape index (κ1) is 20.2. The van der Waals surface area contributed by atoms with E-state index >= 15 is 0 Å². The lowest BCUT2D eigenvalue weighted by Crippen LogP contribution is -2.46. The van der Waals surface area contributed by atoms with E-state index in [1.165, 1.54) is 5.56 Å². The first-order valence-electron chi connectivity index (χ1n) is 9.72. The van der Waals surface area contributed by atoms with Crippen LogP contribution in [0, 0.1) is 0 Å². The number of amides is 1. The van der Waals surface area contributed by atoms with E-state index in [4.69, 9.17) is 23.2 Å². The highest BCUT2D eigenvalue weighted by Gasteiger charge is 2.31. The molecule has 0 heterocycles. The largest absolute Gasteiger partial charge is 0.333 e. The number of benzene rings is 2. The quantitative estimate of drug-likeness (QED) is 0.511. The van der Waals surface area contributed by atoms with Gasteiger partial charge < -0.3 is 4.90 Å². The standard InChI is InChI=1S/C23H27Cl2NO/c1-16(2)26(23(27)20-7-11-21(25)12-8-20)22-13-9-19(10-14-22)18-5-3-17(15-24)4-6-18/h3-8,11-12,16,19,22H,9-10,13-15H2,1-2H3. The summed E-state index contributed by atoms with van der Waals surface area (Å²) in [6, 6.07) is 16.4. The fourth-order valence-electron chi connectivity index (χ4n) is 4.13. The van der Waals surface area contributed by atoms with Crippen molar-refractivity contribution in [3.63, 3.8) is 0 Å². The lowest BCUT2D eigenvalue weighted by Gasteiger charge is -2.39. The Labute approximate surface area is 172 Å². The van der Waals surface area contributed by atoms with Crippen molar-refractivity contribution in [2.75, 3.05) is 0 Å². The molecule has 2 aromatic rings. The molecular weight excluding hydrogens is 377 g/mol. The van der Waals surface area contributed by atoms with Crippen molar-refractivity contribution >= 4 is 29.1 Å². The van der Waals surface area contributed by atoms with Crippen LogP contribution in [-0.4, -0.2) is 22.9 Å². The molecule has 2 aromatic carbocycles. The Hall–Kier alpha value is -1.51. The molecule has 0 unspecified atom stereocenters. The van der Waals surface area contributed by atoms with Gasteiger partial charge in [0.15, 0.2) is 0 Å². The SMILES string of the molecule is CC(C)N(C(=O)c1ccc(Cl)cc1)C1CCC(c2ccc(CCl)cc2)CC1. The van der Waals surface area contributed by atoms with Crippen LogP contribution in [-0.2, 0) is 5.88 Å². The zero-order valence-electron chi connectivity index (χ0n) is 16.0. The zero-order valence-corrected chi connectivity index (χ0v) is 17.5. The number of halogens is 2. The van der Waals surface area contributed by atoms with Gasteiger partial charge in [-0.3, -0.25) is 4.79 Å². The summed E-state index contributed by atoms with van der Waals surface area (Å²) in [6.45, 7) is 4.20. The molecule has 0 N–H and O–H groups in total. The molecule has 0 saturated heterocycles. The monoisotopic (exact) mass is 403 g/mol. The Kier molecular flexibility index (Phi) is 6.83. The molecule has 0 spiro atoms. The van der Waals surface area contributed by atoms with Crippen LogP contribution in [0.15, 0.2) is 48.5 Å². The van der Waals surface area contributed by atoms with Gasteiger partial charge in [0.05, 0.1) is 0 Å². The molecule has 3 rings (SSSR count). The van der Waals surface area contributed by atoms with E-state index < -0.39 is 0 Å². The fraction of sp³-hybridized carbons (Fsp3) is 0.435. The molecule has 27 heavy (non-hydrogen) atoms. The first-order chi connectivity index (χ1) is 13.0. The van der Waals surface area contributed by atoms with Crippen molar-refractivity contribution in [3.05, 3.63) is 70.2 Å². The van der Waals surface area contributed by atoms with Crippen LogP contribution in [0.1, 0.15) is 66.9 Å². The second-order valence-electron chi connectivity index (χ2n) is 7.69. The van der Waals surface area contributed by atoms with Crippen LogP contribution < -0.4 is 0 Å². The molecule has 0 atom stereocenters. The Bertz CT molecular complexity index is 747. The predicted octanol–water partition coefficient (Wildman–Crippen LogP) is 6.66. The molecule has 1 aliphatic carbocycles. The van der Waals surface area contributed by atoms with Crippen molar-refractivity contribution in [2.45, 2.75) is 63.4 Å². The molecule has 0 aliphatic heterocycles. The third kappa shape index (κ3) is 4.86. The minimum Gasteiger partial charge on any atom is -0.333 e. The van der Waals surface area contributed by atoms with E-state index in [1.54, 1.807) is 12.1 Å². The van der Waals surface area contributed by atoms with Crippen molar-refractivity contribution in [2.24, 2.45) is 0 Å². The van der Waals surface area contributed by atoms with E-state index in [0.29, 0.717) is 28.4 Å². The normalized spacial score (nSPS) is 19.9. The van der Waals surface area contributed by atoms with E-state index in [-0.39, 0.29) is 11.9 Å². The predicted molar refractivity (Wildman–Crippen MR) is 114 cm³/mol. The second-order valence-corrected chi connectivity index (χ2v) is 8.40. The molecule has 1 amide bonds. The number of rotatable bonds is 5. The van der Waals surface area contributed by atoms with Gasteiger partial charge in [0.25, 0.3) is 5.91 Å². The Morgan fingerprint density at radius 1 is 1.00 bits per heavy atom. The summed E-state index contributed by atoms with van der Waals surface area (Å²) in [7, 11) is 0. The lowest BCUT2D eigenvalue weighted by molar-refractivity contribution is 0.0545. The molecule has 1 saturated carbocycles.